The van der Waals surface area contributed by atoms with Crippen LogP contribution in [0.25, 0.3) is 0 Å². The molecule has 0 aromatic heterocycles. The van der Waals surface area contributed by atoms with Crippen LogP contribution in [0.3, 0.4) is 0 Å². The van der Waals surface area contributed by atoms with Gasteiger partial charge in [0.2, 0.25) is 11.8 Å². The predicted molar refractivity (Wildman–Crippen MR) is 62.1 cm³/mol. The molecule has 0 saturated carbocycles. The second-order valence-corrected chi connectivity index (χ2v) is 3.95. The summed E-state index contributed by atoms with van der Waals surface area (Å²) in [5, 5.41) is 4.89. The molecule has 0 heterocycles. The van der Waals surface area contributed by atoms with Crippen LogP contribution in [0.5, 0.6) is 0 Å². The van der Waals surface area contributed by atoms with E-state index in [-0.39, 0.29) is 25.0 Å². The summed E-state index contributed by atoms with van der Waals surface area (Å²) in [7, 11) is 0. The topological polar surface area (TPSA) is 84.5 Å². The van der Waals surface area contributed by atoms with Gasteiger partial charge in [-0.3, -0.25) is 9.59 Å². The van der Waals surface area contributed by atoms with Gasteiger partial charge in [-0.1, -0.05) is 13.8 Å². The van der Waals surface area contributed by atoms with Crippen LogP contribution < -0.4 is 10.6 Å². The van der Waals surface area contributed by atoms with E-state index in [0.717, 1.165) is 0 Å². The largest absolute Gasteiger partial charge is 0.464 e. The summed E-state index contributed by atoms with van der Waals surface area (Å²) in [4.78, 5) is 33.6. The number of esters is 1. The Morgan fingerprint density at radius 2 is 1.82 bits per heavy atom. The molecule has 0 aromatic carbocycles. The van der Waals surface area contributed by atoms with Gasteiger partial charge >= 0.3 is 5.97 Å². The van der Waals surface area contributed by atoms with Crippen LogP contribution >= 0.6 is 0 Å². The molecule has 98 valence electrons. The normalized spacial score (nSPS) is 11.8. The second-order valence-electron chi connectivity index (χ2n) is 3.95. The van der Waals surface area contributed by atoms with E-state index in [9.17, 15) is 14.4 Å². The number of hydrogen-bond acceptors (Lipinski definition) is 4. The van der Waals surface area contributed by atoms with Crippen molar-refractivity contribution < 1.29 is 19.1 Å². The number of carbonyl (C=O) groups excluding carboxylic acids is 3. The van der Waals surface area contributed by atoms with Crippen LogP contribution in [-0.2, 0) is 19.1 Å². The average molecular weight is 244 g/mol. The molecule has 0 rings (SSSR count). The van der Waals surface area contributed by atoms with Gasteiger partial charge in [0, 0.05) is 6.92 Å². The standard InChI is InChI=1S/C11H20N2O4/c1-5-17-11(16)10(7(2)3)13-9(15)6-12-8(4)14/h7,10H,5-6H2,1-4H3,(H,12,14)(H,13,15)/t10-/m1/s1. The third-order valence-electron chi connectivity index (χ3n) is 2.02. The lowest BCUT2D eigenvalue weighted by molar-refractivity contribution is -0.148. The summed E-state index contributed by atoms with van der Waals surface area (Å²) in [5.74, 6) is -1.24. The molecule has 0 aliphatic rings. The Hall–Kier alpha value is -1.59. The first-order valence-electron chi connectivity index (χ1n) is 5.58. The first kappa shape index (κ1) is 15.4. The Morgan fingerprint density at radius 3 is 2.24 bits per heavy atom. The van der Waals surface area contributed by atoms with Gasteiger partial charge in [0.15, 0.2) is 0 Å². The molecule has 0 aliphatic carbocycles. The van der Waals surface area contributed by atoms with Gasteiger partial charge in [-0.05, 0) is 12.8 Å². The van der Waals surface area contributed by atoms with Crippen molar-refractivity contribution in [1.82, 2.24) is 10.6 Å². The summed E-state index contributed by atoms with van der Waals surface area (Å²) < 4.78 is 4.85. The van der Waals surface area contributed by atoms with Crippen molar-refractivity contribution in [2.75, 3.05) is 13.2 Å². The van der Waals surface area contributed by atoms with Gasteiger partial charge < -0.3 is 15.4 Å². The number of carbonyl (C=O) groups is 3. The van der Waals surface area contributed by atoms with Gasteiger partial charge in [0.25, 0.3) is 0 Å². The second kappa shape index (κ2) is 7.65. The molecule has 0 radical (unpaired) electrons. The number of amides is 2. The Balaban J connectivity index is 4.29. The predicted octanol–water partition coefficient (Wildman–Crippen LogP) is -0.174. The third-order valence-corrected chi connectivity index (χ3v) is 2.02. The molecule has 2 N–H and O–H groups in total. The molecule has 17 heavy (non-hydrogen) atoms. The molecule has 0 bridgehead atoms. The summed E-state index contributed by atoms with van der Waals surface area (Å²) in [6.45, 7) is 6.76. The first-order chi connectivity index (χ1) is 7.88. The molecule has 0 saturated heterocycles. The Bertz CT molecular complexity index is 289. The van der Waals surface area contributed by atoms with E-state index in [4.69, 9.17) is 4.74 Å². The van der Waals surface area contributed by atoms with Crippen molar-refractivity contribution >= 4 is 17.8 Å². The summed E-state index contributed by atoms with van der Waals surface area (Å²) in [6, 6.07) is -0.684. The molecular formula is C11H20N2O4. The average Bonchev–Trinajstić information content (AvgIpc) is 2.22. The van der Waals surface area contributed by atoms with E-state index in [0.29, 0.717) is 0 Å². The van der Waals surface area contributed by atoms with E-state index in [1.165, 1.54) is 6.92 Å². The fourth-order valence-electron chi connectivity index (χ4n) is 1.16. The van der Waals surface area contributed by atoms with Crippen molar-refractivity contribution in [2.24, 2.45) is 5.92 Å². The van der Waals surface area contributed by atoms with Crippen molar-refractivity contribution in [1.29, 1.82) is 0 Å². The quantitative estimate of drug-likeness (QED) is 0.635. The Labute approximate surface area is 101 Å². The lowest BCUT2D eigenvalue weighted by Crippen LogP contribution is -2.48. The van der Waals surface area contributed by atoms with Crippen LogP contribution in [0.4, 0.5) is 0 Å². The number of nitrogens with one attached hydrogen (secondary N) is 2. The first-order valence-corrected chi connectivity index (χ1v) is 5.58. The minimum absolute atomic E-state index is 0.0738. The van der Waals surface area contributed by atoms with Gasteiger partial charge in [-0.25, -0.2) is 4.79 Å². The molecule has 1 atom stereocenters. The molecule has 6 heteroatoms. The minimum Gasteiger partial charge on any atom is -0.464 e. The van der Waals surface area contributed by atoms with E-state index in [2.05, 4.69) is 10.6 Å². The molecule has 0 fully saturated rings. The van der Waals surface area contributed by atoms with Gasteiger partial charge in [-0.2, -0.15) is 0 Å². The Morgan fingerprint density at radius 1 is 1.24 bits per heavy atom. The van der Waals surface area contributed by atoms with Crippen molar-refractivity contribution in [3.05, 3.63) is 0 Å². The highest BCUT2D eigenvalue weighted by Crippen LogP contribution is 2.03. The number of rotatable bonds is 6. The maximum atomic E-state index is 11.5. The van der Waals surface area contributed by atoms with Crippen LogP contribution in [-0.4, -0.2) is 37.0 Å². The molecule has 0 aromatic rings. The zero-order valence-electron chi connectivity index (χ0n) is 10.7. The SMILES string of the molecule is CCOC(=O)[C@H](NC(=O)CNC(C)=O)C(C)C. The highest BCUT2D eigenvalue weighted by Gasteiger charge is 2.25. The highest BCUT2D eigenvalue weighted by atomic mass is 16.5. The summed E-state index contributed by atoms with van der Waals surface area (Å²) in [6.07, 6.45) is 0. The van der Waals surface area contributed by atoms with Crippen molar-refractivity contribution in [2.45, 2.75) is 33.7 Å². The van der Waals surface area contributed by atoms with Gasteiger partial charge in [0.05, 0.1) is 13.2 Å². The van der Waals surface area contributed by atoms with Crippen LogP contribution in [0.15, 0.2) is 0 Å². The lowest BCUT2D eigenvalue weighted by atomic mass is 10.0. The number of hydrogen-bond donors (Lipinski definition) is 2. The van der Waals surface area contributed by atoms with Crippen LogP contribution in [0, 0.1) is 5.92 Å². The number of ether oxygens (including phenoxy) is 1. The fourth-order valence-corrected chi connectivity index (χ4v) is 1.16. The molecule has 6 nitrogen and oxygen atoms in total. The van der Waals surface area contributed by atoms with Gasteiger partial charge in [-0.15, -0.1) is 0 Å². The molecule has 2 amide bonds. The molecule has 0 aliphatic heterocycles. The van der Waals surface area contributed by atoms with Gasteiger partial charge in [0.1, 0.15) is 6.04 Å². The minimum atomic E-state index is -0.684. The van der Waals surface area contributed by atoms with E-state index in [1.807, 2.05) is 0 Å². The molecule has 0 unspecified atom stereocenters. The van der Waals surface area contributed by atoms with Crippen LogP contribution in [0.1, 0.15) is 27.7 Å². The van der Waals surface area contributed by atoms with Crippen LogP contribution in [0.2, 0.25) is 0 Å². The summed E-state index contributed by atoms with van der Waals surface area (Å²) in [5.41, 5.74) is 0. The lowest BCUT2D eigenvalue weighted by Gasteiger charge is -2.20. The maximum Gasteiger partial charge on any atom is 0.328 e. The zero-order valence-corrected chi connectivity index (χ0v) is 10.7. The van der Waals surface area contributed by atoms with E-state index < -0.39 is 17.9 Å². The third kappa shape index (κ3) is 6.55. The van der Waals surface area contributed by atoms with Crippen molar-refractivity contribution in [3.63, 3.8) is 0 Å². The molecular weight excluding hydrogens is 224 g/mol. The molecule has 0 spiro atoms. The monoisotopic (exact) mass is 244 g/mol. The van der Waals surface area contributed by atoms with Crippen molar-refractivity contribution in [3.8, 4) is 0 Å². The van der Waals surface area contributed by atoms with E-state index >= 15 is 0 Å². The Kier molecular flexibility index (Phi) is 6.93. The van der Waals surface area contributed by atoms with E-state index in [1.54, 1.807) is 20.8 Å². The highest BCUT2D eigenvalue weighted by molar-refractivity contribution is 5.87. The summed E-state index contributed by atoms with van der Waals surface area (Å²) >= 11 is 0. The zero-order chi connectivity index (χ0) is 13.4. The smallest absolute Gasteiger partial charge is 0.328 e. The maximum absolute atomic E-state index is 11.5. The fraction of sp³-hybridized carbons (Fsp3) is 0.727.